The molecule has 0 saturated carbocycles. The summed E-state index contributed by atoms with van der Waals surface area (Å²) in [5.74, 6) is -1.23. The predicted octanol–water partition coefficient (Wildman–Crippen LogP) is 2.75. The molecule has 1 heterocycles. The van der Waals surface area contributed by atoms with Crippen molar-refractivity contribution >= 4 is 22.4 Å². The third kappa shape index (κ3) is 2.84. The fraction of sp³-hybridized carbons (Fsp3) is 0.167. The standard InChI is InChI=1S/C12H11FN2O2S/c1-7-11(8-2-4-9(13)5-3-8)15-12(18-7)14-6-10(16)17/h2-5H,6H2,1H3,(H,14,15)(H,16,17). The number of rotatable bonds is 4. The molecule has 0 amide bonds. The Morgan fingerprint density at radius 3 is 2.72 bits per heavy atom. The number of nitrogens with zero attached hydrogens (tertiary/aromatic N) is 1. The number of aliphatic carboxylic acids is 1. The molecule has 94 valence electrons. The zero-order valence-electron chi connectivity index (χ0n) is 9.61. The summed E-state index contributed by atoms with van der Waals surface area (Å²) in [6.07, 6.45) is 0. The summed E-state index contributed by atoms with van der Waals surface area (Å²) in [6, 6.07) is 6.05. The van der Waals surface area contributed by atoms with Crippen molar-refractivity contribution in [3.05, 3.63) is 35.0 Å². The van der Waals surface area contributed by atoms with Crippen LogP contribution in [0.4, 0.5) is 9.52 Å². The molecular weight excluding hydrogens is 255 g/mol. The molecule has 18 heavy (non-hydrogen) atoms. The highest BCUT2D eigenvalue weighted by Crippen LogP contribution is 2.30. The molecule has 0 atom stereocenters. The molecule has 0 aliphatic heterocycles. The van der Waals surface area contributed by atoms with Gasteiger partial charge in [-0.25, -0.2) is 9.37 Å². The van der Waals surface area contributed by atoms with Gasteiger partial charge in [0.2, 0.25) is 0 Å². The second kappa shape index (κ2) is 5.14. The Morgan fingerprint density at radius 1 is 1.44 bits per heavy atom. The maximum absolute atomic E-state index is 12.8. The highest BCUT2D eigenvalue weighted by Gasteiger charge is 2.10. The molecule has 2 N–H and O–H groups in total. The molecule has 6 heteroatoms. The Hall–Kier alpha value is -1.95. The highest BCUT2D eigenvalue weighted by atomic mass is 32.1. The normalized spacial score (nSPS) is 10.3. The topological polar surface area (TPSA) is 62.2 Å². The van der Waals surface area contributed by atoms with Crippen molar-refractivity contribution in [2.75, 3.05) is 11.9 Å². The number of halogens is 1. The quantitative estimate of drug-likeness (QED) is 0.893. The molecule has 4 nitrogen and oxygen atoms in total. The number of carboxylic acid groups (broad SMARTS) is 1. The Morgan fingerprint density at radius 2 is 2.11 bits per heavy atom. The first-order chi connectivity index (χ1) is 8.56. The first-order valence-corrected chi connectivity index (χ1v) is 6.07. The first-order valence-electron chi connectivity index (χ1n) is 5.25. The molecule has 2 aromatic rings. The van der Waals surface area contributed by atoms with E-state index in [9.17, 15) is 9.18 Å². The lowest BCUT2D eigenvalue weighted by Crippen LogP contribution is -2.11. The van der Waals surface area contributed by atoms with E-state index < -0.39 is 5.97 Å². The van der Waals surface area contributed by atoms with E-state index in [1.54, 1.807) is 12.1 Å². The zero-order chi connectivity index (χ0) is 13.1. The van der Waals surface area contributed by atoms with E-state index in [1.165, 1.54) is 23.5 Å². The van der Waals surface area contributed by atoms with E-state index >= 15 is 0 Å². The maximum Gasteiger partial charge on any atom is 0.322 e. The number of thiazole rings is 1. The van der Waals surface area contributed by atoms with Crippen LogP contribution in [0.1, 0.15) is 4.88 Å². The largest absolute Gasteiger partial charge is 0.480 e. The zero-order valence-corrected chi connectivity index (χ0v) is 10.4. The summed E-state index contributed by atoms with van der Waals surface area (Å²) in [6.45, 7) is 1.72. The molecule has 0 bridgehead atoms. The number of aromatic nitrogens is 1. The summed E-state index contributed by atoms with van der Waals surface area (Å²) in [7, 11) is 0. The van der Waals surface area contributed by atoms with Crippen LogP contribution in [0.2, 0.25) is 0 Å². The fourth-order valence-corrected chi connectivity index (χ4v) is 2.33. The average Bonchev–Trinajstić information content (AvgIpc) is 2.69. The van der Waals surface area contributed by atoms with Gasteiger partial charge in [-0.3, -0.25) is 4.79 Å². The monoisotopic (exact) mass is 266 g/mol. The van der Waals surface area contributed by atoms with Crippen molar-refractivity contribution in [1.29, 1.82) is 0 Å². The summed E-state index contributed by atoms with van der Waals surface area (Å²) in [5.41, 5.74) is 1.56. The molecule has 0 radical (unpaired) electrons. The second-order valence-electron chi connectivity index (χ2n) is 3.68. The van der Waals surface area contributed by atoms with E-state index in [-0.39, 0.29) is 12.4 Å². The van der Waals surface area contributed by atoms with Crippen molar-refractivity contribution < 1.29 is 14.3 Å². The van der Waals surface area contributed by atoms with Crippen LogP contribution in [0.15, 0.2) is 24.3 Å². The lowest BCUT2D eigenvalue weighted by molar-refractivity contribution is -0.134. The number of benzene rings is 1. The van der Waals surface area contributed by atoms with E-state index in [1.807, 2.05) is 6.92 Å². The Bertz CT molecular complexity index is 566. The van der Waals surface area contributed by atoms with Gasteiger partial charge in [0.25, 0.3) is 0 Å². The molecule has 2 rings (SSSR count). The first kappa shape index (κ1) is 12.5. The number of aryl methyl sites for hydroxylation is 1. The number of hydrogen-bond acceptors (Lipinski definition) is 4. The molecule has 1 aromatic heterocycles. The molecule has 0 aliphatic carbocycles. The Kier molecular flexibility index (Phi) is 3.57. The van der Waals surface area contributed by atoms with E-state index in [0.717, 1.165) is 16.1 Å². The lowest BCUT2D eigenvalue weighted by atomic mass is 10.1. The molecule has 0 aliphatic rings. The smallest absolute Gasteiger partial charge is 0.322 e. The minimum absolute atomic E-state index is 0.171. The van der Waals surface area contributed by atoms with E-state index in [2.05, 4.69) is 10.3 Å². The molecule has 0 fully saturated rings. The van der Waals surface area contributed by atoms with Crippen molar-refractivity contribution in [1.82, 2.24) is 4.98 Å². The number of hydrogen-bond donors (Lipinski definition) is 2. The van der Waals surface area contributed by atoms with Crippen LogP contribution in [0.3, 0.4) is 0 Å². The molecule has 0 unspecified atom stereocenters. The van der Waals surface area contributed by atoms with E-state index in [4.69, 9.17) is 5.11 Å². The van der Waals surface area contributed by atoms with Gasteiger partial charge in [-0.15, -0.1) is 11.3 Å². The van der Waals surface area contributed by atoms with Crippen LogP contribution < -0.4 is 5.32 Å². The number of anilines is 1. The minimum Gasteiger partial charge on any atom is -0.480 e. The van der Waals surface area contributed by atoms with Gasteiger partial charge in [0.15, 0.2) is 5.13 Å². The third-order valence-corrected chi connectivity index (χ3v) is 3.23. The summed E-state index contributed by atoms with van der Waals surface area (Å²) >= 11 is 1.38. The van der Waals surface area contributed by atoms with Crippen molar-refractivity contribution in [3.8, 4) is 11.3 Å². The van der Waals surface area contributed by atoms with E-state index in [0.29, 0.717) is 5.13 Å². The highest BCUT2D eigenvalue weighted by molar-refractivity contribution is 7.16. The van der Waals surface area contributed by atoms with Crippen LogP contribution >= 0.6 is 11.3 Å². The summed E-state index contributed by atoms with van der Waals surface area (Å²) < 4.78 is 12.8. The van der Waals surface area contributed by atoms with Gasteiger partial charge in [-0.2, -0.15) is 0 Å². The molecule has 0 spiro atoms. The van der Waals surface area contributed by atoms with Crippen LogP contribution in [0.25, 0.3) is 11.3 Å². The molecule has 0 saturated heterocycles. The van der Waals surface area contributed by atoms with Crippen LogP contribution in [0.5, 0.6) is 0 Å². The maximum atomic E-state index is 12.8. The van der Waals surface area contributed by atoms with Gasteiger partial charge < -0.3 is 10.4 Å². The number of nitrogens with one attached hydrogen (secondary N) is 1. The van der Waals surface area contributed by atoms with Gasteiger partial charge >= 0.3 is 5.97 Å². The van der Waals surface area contributed by atoms with Gasteiger partial charge in [0.1, 0.15) is 12.4 Å². The van der Waals surface area contributed by atoms with Crippen LogP contribution in [-0.4, -0.2) is 22.6 Å². The molecular formula is C12H11FN2O2S. The van der Waals surface area contributed by atoms with Crippen LogP contribution in [0, 0.1) is 12.7 Å². The number of carboxylic acids is 1. The van der Waals surface area contributed by atoms with Crippen molar-refractivity contribution in [2.45, 2.75) is 6.92 Å². The summed E-state index contributed by atoms with van der Waals surface area (Å²) in [4.78, 5) is 15.7. The third-order valence-electron chi connectivity index (χ3n) is 2.31. The summed E-state index contributed by atoms with van der Waals surface area (Å²) in [5, 5.41) is 11.8. The average molecular weight is 266 g/mol. The van der Waals surface area contributed by atoms with Gasteiger partial charge in [-0.1, -0.05) is 0 Å². The Balaban J connectivity index is 2.23. The van der Waals surface area contributed by atoms with Crippen molar-refractivity contribution in [2.24, 2.45) is 0 Å². The molecule has 1 aromatic carbocycles. The van der Waals surface area contributed by atoms with Gasteiger partial charge in [0, 0.05) is 10.4 Å². The SMILES string of the molecule is Cc1sc(NCC(=O)O)nc1-c1ccc(F)cc1. The predicted molar refractivity (Wildman–Crippen MR) is 68.4 cm³/mol. The lowest BCUT2D eigenvalue weighted by Gasteiger charge is -1.98. The van der Waals surface area contributed by atoms with Gasteiger partial charge in [0.05, 0.1) is 5.69 Å². The second-order valence-corrected chi connectivity index (χ2v) is 4.88. The van der Waals surface area contributed by atoms with Crippen LogP contribution in [-0.2, 0) is 4.79 Å². The number of carbonyl (C=O) groups is 1. The van der Waals surface area contributed by atoms with Crippen molar-refractivity contribution in [3.63, 3.8) is 0 Å². The Labute approximate surface area is 107 Å². The van der Waals surface area contributed by atoms with Gasteiger partial charge in [-0.05, 0) is 31.2 Å². The minimum atomic E-state index is -0.939. The fourth-order valence-electron chi connectivity index (χ4n) is 1.50.